The maximum atomic E-state index is 2.44. The monoisotopic (exact) mass is 688 g/mol. The van der Waals surface area contributed by atoms with E-state index >= 15 is 0 Å². The number of benzene rings is 9. The zero-order valence-corrected chi connectivity index (χ0v) is 31.2. The first kappa shape index (κ1) is 31.3. The smallest absolute Gasteiger partial charge is 0.0165 e. The summed E-state index contributed by atoms with van der Waals surface area (Å²) >= 11 is 0. The van der Waals surface area contributed by atoms with Gasteiger partial charge in [0.05, 0.1) is 0 Å². The van der Waals surface area contributed by atoms with Crippen molar-refractivity contribution in [1.82, 2.24) is 0 Å². The fourth-order valence-corrected chi connectivity index (χ4v) is 10.2. The molecule has 0 nitrogen and oxygen atoms in total. The summed E-state index contributed by atoms with van der Waals surface area (Å²) in [5.74, 6) is 0. The van der Waals surface area contributed by atoms with Crippen LogP contribution in [0.5, 0.6) is 0 Å². The quantitative estimate of drug-likeness (QED) is 0.162. The largest absolute Gasteiger partial charge is 0.0619 e. The summed E-state index contributed by atoms with van der Waals surface area (Å²) in [6.45, 7) is 9.51. The maximum Gasteiger partial charge on any atom is 0.0165 e. The molecule has 0 saturated carbocycles. The van der Waals surface area contributed by atoms with Gasteiger partial charge in [0, 0.05) is 10.8 Å². The van der Waals surface area contributed by atoms with Crippen molar-refractivity contribution < 1.29 is 0 Å². The first-order valence-electron chi connectivity index (χ1n) is 19.3. The molecule has 2 aliphatic rings. The third-order valence-corrected chi connectivity index (χ3v) is 12.8. The van der Waals surface area contributed by atoms with E-state index in [9.17, 15) is 0 Å². The Hall–Kier alpha value is -6.24. The lowest BCUT2D eigenvalue weighted by Crippen LogP contribution is -2.15. The fraction of sp³-hybridized carbons (Fsp3) is 0.111. The average molecular weight is 689 g/mol. The second-order valence-electron chi connectivity index (χ2n) is 16.5. The third-order valence-electron chi connectivity index (χ3n) is 12.8. The molecule has 0 amide bonds. The predicted octanol–water partition coefficient (Wildman–Crippen LogP) is 14.8. The minimum Gasteiger partial charge on any atom is -0.0619 e. The summed E-state index contributed by atoms with van der Waals surface area (Å²) in [6.07, 6.45) is 0. The summed E-state index contributed by atoms with van der Waals surface area (Å²) in [5.41, 5.74) is 18.4. The Morgan fingerprint density at radius 3 is 1.30 bits per heavy atom. The van der Waals surface area contributed by atoms with E-state index < -0.39 is 0 Å². The van der Waals surface area contributed by atoms with Crippen molar-refractivity contribution in [2.45, 2.75) is 38.5 Å². The maximum absolute atomic E-state index is 2.44. The van der Waals surface area contributed by atoms with Crippen LogP contribution in [0.2, 0.25) is 0 Å². The van der Waals surface area contributed by atoms with Crippen LogP contribution in [0.25, 0.3) is 88.0 Å². The van der Waals surface area contributed by atoms with E-state index in [-0.39, 0.29) is 10.8 Å². The van der Waals surface area contributed by atoms with Crippen molar-refractivity contribution in [1.29, 1.82) is 0 Å². The van der Waals surface area contributed by atoms with Gasteiger partial charge in [-0.25, -0.2) is 0 Å². The molecule has 0 bridgehead atoms. The second-order valence-corrected chi connectivity index (χ2v) is 16.5. The molecule has 0 heterocycles. The van der Waals surface area contributed by atoms with Gasteiger partial charge in [0.2, 0.25) is 0 Å². The first-order chi connectivity index (χ1) is 26.3. The van der Waals surface area contributed by atoms with Gasteiger partial charge in [-0.1, -0.05) is 173 Å². The van der Waals surface area contributed by atoms with Crippen LogP contribution >= 0.6 is 0 Å². The van der Waals surface area contributed by atoms with Gasteiger partial charge in [-0.05, 0) is 134 Å². The highest BCUT2D eigenvalue weighted by Gasteiger charge is 2.38. The van der Waals surface area contributed by atoms with Gasteiger partial charge in [-0.3, -0.25) is 0 Å². The van der Waals surface area contributed by atoms with Crippen LogP contribution in [-0.4, -0.2) is 0 Å². The first-order valence-corrected chi connectivity index (χ1v) is 19.3. The summed E-state index contributed by atoms with van der Waals surface area (Å²) in [5, 5.41) is 8.05. The molecule has 54 heavy (non-hydrogen) atoms. The lowest BCUT2D eigenvalue weighted by molar-refractivity contribution is 0.660. The molecule has 0 N–H and O–H groups in total. The summed E-state index contributed by atoms with van der Waals surface area (Å²) in [6, 6.07) is 63.9. The molecule has 0 radical (unpaired) electrons. The highest BCUT2D eigenvalue weighted by molar-refractivity contribution is 6.27. The Bertz CT molecular complexity index is 3010. The normalized spacial score (nSPS) is 14.6. The summed E-state index contributed by atoms with van der Waals surface area (Å²) < 4.78 is 0. The van der Waals surface area contributed by atoms with Gasteiger partial charge < -0.3 is 0 Å². The van der Waals surface area contributed by atoms with Gasteiger partial charge >= 0.3 is 0 Å². The average Bonchev–Trinajstić information content (AvgIpc) is 3.59. The molecule has 0 aromatic heterocycles. The van der Waals surface area contributed by atoms with E-state index in [1.807, 2.05) is 0 Å². The number of fused-ring (bicyclic) bond motifs is 13. The van der Waals surface area contributed by atoms with Crippen molar-refractivity contribution in [2.75, 3.05) is 0 Å². The van der Waals surface area contributed by atoms with E-state index in [0.717, 1.165) is 0 Å². The highest BCUT2D eigenvalue weighted by atomic mass is 14.4. The Balaban J connectivity index is 1.00. The Kier molecular flexibility index (Phi) is 6.46. The van der Waals surface area contributed by atoms with Crippen LogP contribution < -0.4 is 0 Å². The number of hydrogen-bond donors (Lipinski definition) is 0. The topological polar surface area (TPSA) is 0 Å². The Labute approximate surface area is 317 Å². The second kappa shape index (κ2) is 11.1. The Morgan fingerprint density at radius 1 is 0.278 bits per heavy atom. The van der Waals surface area contributed by atoms with Gasteiger partial charge in [-0.15, -0.1) is 0 Å². The molecule has 0 aliphatic heterocycles. The summed E-state index contributed by atoms with van der Waals surface area (Å²) in [4.78, 5) is 0. The molecule has 0 saturated heterocycles. The SMILES string of the molecule is CC1(C)c2ccccc2-c2cc(-c3cccc(-c4cccc(-c5ccc6c(c5)-c5ccc7c8ccccc8c8ccccc8c7c5C6(C)C)c4)c3)ccc21. The standard InChI is InChI=1S/C54H40/c1-53(2)48-22-10-9-20-42(48)46-31-37(23-27-49(46)53)35-15-11-13-33(29-35)34-14-12-16-36(30-34)38-24-28-50-47(32-38)45-26-25-44-41-19-6-5-17-39(41)40-18-7-8-21-43(40)51(44)52(45)54(50,3)4/h5-32H,1-4H3. The van der Waals surface area contributed by atoms with E-state index in [4.69, 9.17) is 0 Å². The highest BCUT2D eigenvalue weighted by Crippen LogP contribution is 2.54. The van der Waals surface area contributed by atoms with Crippen molar-refractivity contribution in [3.05, 3.63) is 192 Å². The lowest BCUT2D eigenvalue weighted by Gasteiger charge is -2.24. The molecule has 9 aromatic carbocycles. The van der Waals surface area contributed by atoms with Crippen molar-refractivity contribution in [3.63, 3.8) is 0 Å². The van der Waals surface area contributed by atoms with E-state index in [1.165, 1.54) is 110 Å². The van der Waals surface area contributed by atoms with E-state index in [0.29, 0.717) is 0 Å². The molecule has 9 aromatic rings. The molecule has 0 atom stereocenters. The zero-order chi connectivity index (χ0) is 36.3. The zero-order valence-electron chi connectivity index (χ0n) is 31.2. The van der Waals surface area contributed by atoms with Gasteiger partial charge in [0.25, 0.3) is 0 Å². The molecule has 256 valence electrons. The van der Waals surface area contributed by atoms with Crippen LogP contribution in [-0.2, 0) is 10.8 Å². The lowest BCUT2D eigenvalue weighted by atomic mass is 9.78. The van der Waals surface area contributed by atoms with Crippen LogP contribution in [0.4, 0.5) is 0 Å². The van der Waals surface area contributed by atoms with Gasteiger partial charge in [0.1, 0.15) is 0 Å². The molecule has 11 rings (SSSR count). The van der Waals surface area contributed by atoms with Gasteiger partial charge in [-0.2, -0.15) is 0 Å². The van der Waals surface area contributed by atoms with Crippen LogP contribution in [0.1, 0.15) is 49.9 Å². The molecule has 0 unspecified atom stereocenters. The third kappa shape index (κ3) is 4.32. The van der Waals surface area contributed by atoms with Crippen LogP contribution in [0.15, 0.2) is 170 Å². The Morgan fingerprint density at radius 2 is 0.704 bits per heavy atom. The predicted molar refractivity (Wildman–Crippen MR) is 230 cm³/mol. The van der Waals surface area contributed by atoms with E-state index in [2.05, 4.69) is 198 Å². The molecule has 0 spiro atoms. The molecular weight excluding hydrogens is 649 g/mol. The number of rotatable bonds is 3. The van der Waals surface area contributed by atoms with E-state index in [1.54, 1.807) is 0 Å². The molecule has 0 heteroatoms. The molecule has 0 fully saturated rings. The van der Waals surface area contributed by atoms with Crippen molar-refractivity contribution in [3.8, 4) is 55.6 Å². The molecular formula is C54H40. The number of hydrogen-bond acceptors (Lipinski definition) is 0. The van der Waals surface area contributed by atoms with Crippen LogP contribution in [0, 0.1) is 0 Å². The van der Waals surface area contributed by atoms with Crippen molar-refractivity contribution in [2.24, 2.45) is 0 Å². The fourth-order valence-electron chi connectivity index (χ4n) is 10.2. The van der Waals surface area contributed by atoms with Crippen molar-refractivity contribution >= 4 is 32.3 Å². The van der Waals surface area contributed by atoms with Crippen LogP contribution in [0.3, 0.4) is 0 Å². The minimum absolute atomic E-state index is 0.0131. The molecule has 2 aliphatic carbocycles. The summed E-state index contributed by atoms with van der Waals surface area (Å²) in [7, 11) is 0. The van der Waals surface area contributed by atoms with Gasteiger partial charge in [0.15, 0.2) is 0 Å². The minimum atomic E-state index is -0.133.